The summed E-state index contributed by atoms with van der Waals surface area (Å²) in [7, 11) is 0. The Morgan fingerprint density at radius 2 is 2.00 bits per heavy atom. The third-order valence-electron chi connectivity index (χ3n) is 3.11. The van der Waals surface area contributed by atoms with Crippen molar-refractivity contribution in [2.24, 2.45) is 0 Å². The molecule has 1 heterocycles. The van der Waals surface area contributed by atoms with Crippen LogP contribution >= 0.6 is 27.3 Å². The molecular weight excluding hydrogens is 348 g/mol. The molecule has 0 saturated heterocycles. The topological polar surface area (TPSA) is 42.0 Å². The number of nitrogens with zero attached hydrogens (tertiary/aromatic N) is 1. The number of carbonyl (C=O) groups is 1. The summed E-state index contributed by atoms with van der Waals surface area (Å²) in [4.78, 5) is 16.6. The van der Waals surface area contributed by atoms with Gasteiger partial charge >= 0.3 is 0 Å². The minimum atomic E-state index is 0.0536. The Balaban J connectivity index is 1.71. The number of fused-ring (bicyclic) bond motifs is 1. The predicted octanol–water partition coefficient (Wildman–Crippen LogP) is 4.66. The van der Waals surface area contributed by atoms with Gasteiger partial charge in [0.25, 0.3) is 0 Å². The fraction of sp³-hybridized carbons (Fsp3) is 0.125. The number of Topliss-reactive ketones (excluding diaryl/α,β-unsaturated/α-hetero) is 1. The van der Waals surface area contributed by atoms with Crippen molar-refractivity contribution in [1.82, 2.24) is 4.98 Å². The van der Waals surface area contributed by atoms with Crippen molar-refractivity contribution in [3.05, 3.63) is 58.1 Å². The van der Waals surface area contributed by atoms with Gasteiger partial charge < -0.3 is 5.32 Å². The Hall–Kier alpha value is -1.72. The smallest absolute Gasteiger partial charge is 0.184 e. The third-order valence-corrected chi connectivity index (χ3v) is 4.61. The molecule has 106 valence electrons. The van der Waals surface area contributed by atoms with Crippen molar-refractivity contribution in [1.29, 1.82) is 0 Å². The SMILES string of the molecule is Cc1ccc2nc(NCC(=O)c3ccc(Br)cc3)sc2c1. The molecule has 5 heteroatoms. The van der Waals surface area contributed by atoms with Gasteiger partial charge in [0, 0.05) is 10.0 Å². The summed E-state index contributed by atoms with van der Waals surface area (Å²) >= 11 is 4.93. The number of carbonyl (C=O) groups excluding carboxylic acids is 1. The van der Waals surface area contributed by atoms with Gasteiger partial charge in [-0.25, -0.2) is 4.98 Å². The van der Waals surface area contributed by atoms with Gasteiger partial charge in [0.15, 0.2) is 10.9 Å². The maximum atomic E-state index is 12.1. The van der Waals surface area contributed by atoms with Crippen LogP contribution in [0.4, 0.5) is 5.13 Å². The lowest BCUT2D eigenvalue weighted by atomic mass is 10.1. The van der Waals surface area contributed by atoms with Crippen molar-refractivity contribution >= 4 is 48.4 Å². The molecule has 1 aromatic heterocycles. The highest BCUT2D eigenvalue weighted by Gasteiger charge is 2.08. The molecule has 0 aliphatic carbocycles. The van der Waals surface area contributed by atoms with E-state index in [9.17, 15) is 4.79 Å². The maximum absolute atomic E-state index is 12.1. The van der Waals surface area contributed by atoms with Crippen molar-refractivity contribution in [3.63, 3.8) is 0 Å². The second kappa shape index (κ2) is 5.95. The van der Waals surface area contributed by atoms with Gasteiger partial charge in [-0.3, -0.25) is 4.79 Å². The van der Waals surface area contributed by atoms with Gasteiger partial charge in [-0.05, 0) is 36.8 Å². The van der Waals surface area contributed by atoms with E-state index in [0.717, 1.165) is 19.8 Å². The third kappa shape index (κ3) is 3.31. The molecule has 0 bridgehead atoms. The van der Waals surface area contributed by atoms with Crippen molar-refractivity contribution in [3.8, 4) is 0 Å². The van der Waals surface area contributed by atoms with Crippen LogP contribution in [0.2, 0.25) is 0 Å². The fourth-order valence-corrected chi connectivity index (χ4v) is 3.23. The lowest BCUT2D eigenvalue weighted by Gasteiger charge is -2.02. The van der Waals surface area contributed by atoms with Crippen LogP contribution in [0.15, 0.2) is 46.9 Å². The van der Waals surface area contributed by atoms with E-state index in [4.69, 9.17) is 0 Å². The van der Waals surface area contributed by atoms with Crippen LogP contribution in [0.5, 0.6) is 0 Å². The van der Waals surface area contributed by atoms with E-state index < -0.39 is 0 Å². The van der Waals surface area contributed by atoms with E-state index in [1.165, 1.54) is 5.56 Å². The number of thiazole rings is 1. The van der Waals surface area contributed by atoms with Crippen LogP contribution in [0.25, 0.3) is 10.2 Å². The molecule has 0 spiro atoms. The molecule has 3 aromatic rings. The highest BCUT2D eigenvalue weighted by molar-refractivity contribution is 9.10. The average molecular weight is 361 g/mol. The fourth-order valence-electron chi connectivity index (χ4n) is 2.00. The number of hydrogen-bond donors (Lipinski definition) is 1. The Labute approximate surface area is 135 Å². The number of aryl methyl sites for hydroxylation is 1. The quantitative estimate of drug-likeness (QED) is 0.687. The summed E-state index contributed by atoms with van der Waals surface area (Å²) < 4.78 is 2.10. The second-order valence-corrected chi connectivity index (χ2v) is 6.72. The highest BCUT2D eigenvalue weighted by atomic mass is 79.9. The van der Waals surface area contributed by atoms with E-state index in [0.29, 0.717) is 5.56 Å². The molecular formula is C16H13BrN2OS. The summed E-state index contributed by atoms with van der Waals surface area (Å²) in [6, 6.07) is 13.5. The molecule has 21 heavy (non-hydrogen) atoms. The molecule has 0 amide bonds. The van der Waals surface area contributed by atoms with Gasteiger partial charge in [0.05, 0.1) is 16.8 Å². The molecule has 0 aliphatic rings. The molecule has 2 aromatic carbocycles. The highest BCUT2D eigenvalue weighted by Crippen LogP contribution is 2.26. The Morgan fingerprint density at radius 3 is 2.76 bits per heavy atom. The number of hydrogen-bond acceptors (Lipinski definition) is 4. The number of halogens is 1. The molecule has 3 rings (SSSR count). The van der Waals surface area contributed by atoms with Crippen molar-refractivity contribution in [2.75, 3.05) is 11.9 Å². The Morgan fingerprint density at radius 1 is 1.24 bits per heavy atom. The number of benzene rings is 2. The lowest BCUT2D eigenvalue weighted by molar-refractivity contribution is 0.101. The van der Waals surface area contributed by atoms with Crippen LogP contribution in [0.3, 0.4) is 0 Å². The first kappa shape index (κ1) is 14.2. The Bertz CT molecular complexity index is 796. The van der Waals surface area contributed by atoms with E-state index >= 15 is 0 Å². The number of ketones is 1. The number of rotatable bonds is 4. The Kier molecular flexibility index (Phi) is 4.03. The summed E-state index contributed by atoms with van der Waals surface area (Å²) in [5, 5.41) is 3.89. The van der Waals surface area contributed by atoms with Crippen LogP contribution < -0.4 is 5.32 Å². The van der Waals surface area contributed by atoms with E-state index in [-0.39, 0.29) is 12.3 Å². The molecule has 0 aliphatic heterocycles. The van der Waals surface area contributed by atoms with E-state index in [1.54, 1.807) is 11.3 Å². The molecule has 0 unspecified atom stereocenters. The summed E-state index contributed by atoms with van der Waals surface area (Å²) in [5.74, 6) is 0.0536. The summed E-state index contributed by atoms with van der Waals surface area (Å²) in [6.45, 7) is 2.31. The zero-order valence-corrected chi connectivity index (χ0v) is 13.8. The van der Waals surface area contributed by atoms with Gasteiger partial charge in [0.1, 0.15) is 0 Å². The van der Waals surface area contributed by atoms with Crippen LogP contribution in [-0.2, 0) is 0 Å². The van der Waals surface area contributed by atoms with Crippen LogP contribution in [-0.4, -0.2) is 17.3 Å². The zero-order chi connectivity index (χ0) is 14.8. The predicted molar refractivity (Wildman–Crippen MR) is 91.3 cm³/mol. The maximum Gasteiger partial charge on any atom is 0.184 e. The second-order valence-electron chi connectivity index (χ2n) is 4.77. The zero-order valence-electron chi connectivity index (χ0n) is 11.4. The monoisotopic (exact) mass is 360 g/mol. The van der Waals surface area contributed by atoms with E-state index in [1.807, 2.05) is 36.4 Å². The largest absolute Gasteiger partial charge is 0.354 e. The first-order chi connectivity index (χ1) is 10.1. The van der Waals surface area contributed by atoms with Gasteiger partial charge in [-0.15, -0.1) is 0 Å². The van der Waals surface area contributed by atoms with Crippen LogP contribution in [0.1, 0.15) is 15.9 Å². The minimum Gasteiger partial charge on any atom is -0.354 e. The lowest BCUT2D eigenvalue weighted by Crippen LogP contribution is -2.13. The van der Waals surface area contributed by atoms with E-state index in [2.05, 4.69) is 39.2 Å². The number of anilines is 1. The molecule has 0 fully saturated rings. The molecule has 0 radical (unpaired) electrons. The average Bonchev–Trinajstić information content (AvgIpc) is 2.87. The summed E-state index contributed by atoms with van der Waals surface area (Å²) in [6.07, 6.45) is 0. The first-order valence-electron chi connectivity index (χ1n) is 6.52. The van der Waals surface area contributed by atoms with Gasteiger partial charge in [-0.1, -0.05) is 45.5 Å². The van der Waals surface area contributed by atoms with Crippen molar-refractivity contribution in [2.45, 2.75) is 6.92 Å². The first-order valence-corrected chi connectivity index (χ1v) is 8.12. The number of aromatic nitrogens is 1. The number of nitrogens with one attached hydrogen (secondary N) is 1. The summed E-state index contributed by atoms with van der Waals surface area (Å²) in [5.41, 5.74) is 2.87. The molecule has 0 saturated carbocycles. The van der Waals surface area contributed by atoms with Crippen LogP contribution in [0, 0.1) is 6.92 Å². The van der Waals surface area contributed by atoms with Gasteiger partial charge in [-0.2, -0.15) is 0 Å². The normalized spacial score (nSPS) is 10.8. The molecule has 1 N–H and O–H groups in total. The standard InChI is InChI=1S/C16H13BrN2OS/c1-10-2-7-13-15(8-10)21-16(19-13)18-9-14(20)11-3-5-12(17)6-4-11/h2-8H,9H2,1H3,(H,18,19). The van der Waals surface area contributed by atoms with Crippen molar-refractivity contribution < 1.29 is 4.79 Å². The molecule has 0 atom stereocenters. The molecule has 3 nitrogen and oxygen atoms in total. The minimum absolute atomic E-state index is 0.0536. The van der Waals surface area contributed by atoms with Gasteiger partial charge in [0.2, 0.25) is 0 Å².